The van der Waals surface area contributed by atoms with Crippen molar-refractivity contribution >= 4 is 28.7 Å². The Morgan fingerprint density at radius 1 is 1.03 bits per heavy atom. The summed E-state index contributed by atoms with van der Waals surface area (Å²) in [4.78, 5) is 18.4. The molecule has 0 spiro atoms. The third-order valence-corrected chi connectivity index (χ3v) is 7.18. The van der Waals surface area contributed by atoms with Crippen molar-refractivity contribution in [2.24, 2.45) is 5.10 Å². The highest BCUT2D eigenvalue weighted by molar-refractivity contribution is 6.30. The molecule has 0 radical (unpaired) electrons. The summed E-state index contributed by atoms with van der Waals surface area (Å²) in [7, 11) is 0. The molecule has 0 unspecified atom stereocenters. The van der Waals surface area contributed by atoms with Crippen LogP contribution < -0.4 is 5.56 Å². The van der Waals surface area contributed by atoms with Gasteiger partial charge in [0.15, 0.2) is 0 Å². The van der Waals surface area contributed by atoms with Gasteiger partial charge in [-0.3, -0.25) is 4.79 Å². The van der Waals surface area contributed by atoms with E-state index in [9.17, 15) is 4.79 Å². The number of aromatic nitrogens is 3. The summed E-state index contributed by atoms with van der Waals surface area (Å²) >= 11 is 6.29. The smallest absolute Gasteiger partial charge is 0.282 e. The molecule has 1 aliphatic rings. The van der Waals surface area contributed by atoms with Gasteiger partial charge in [0.25, 0.3) is 5.56 Å². The van der Waals surface area contributed by atoms with Crippen LogP contribution in [0.25, 0.3) is 16.6 Å². The normalized spacial score (nSPS) is 14.9. The van der Waals surface area contributed by atoms with Crippen LogP contribution in [0.15, 0.2) is 58.4 Å². The van der Waals surface area contributed by atoms with E-state index in [1.807, 2.05) is 42.5 Å². The number of halogens is 1. The van der Waals surface area contributed by atoms with Crippen molar-refractivity contribution in [3.8, 4) is 5.69 Å². The molecule has 2 aromatic heterocycles. The van der Waals surface area contributed by atoms with Crippen molar-refractivity contribution in [3.63, 3.8) is 0 Å². The molecular formula is C28H29ClN4O. The lowest BCUT2D eigenvalue weighted by Crippen LogP contribution is -2.25. The molecule has 1 aliphatic carbocycles. The van der Waals surface area contributed by atoms with Gasteiger partial charge in [-0.15, -0.1) is 0 Å². The van der Waals surface area contributed by atoms with E-state index in [0.717, 1.165) is 65.2 Å². The second-order valence-corrected chi connectivity index (χ2v) is 9.71. The van der Waals surface area contributed by atoms with Crippen LogP contribution in [-0.4, -0.2) is 20.4 Å². The maximum Gasteiger partial charge on any atom is 0.282 e. The third-order valence-electron chi connectivity index (χ3n) is 6.94. The number of para-hydroxylation sites is 1. The summed E-state index contributed by atoms with van der Waals surface area (Å²) in [5.74, 6) is 1.03. The van der Waals surface area contributed by atoms with Crippen LogP contribution in [0, 0.1) is 20.8 Å². The number of benzene rings is 2. The molecule has 5 nitrogen and oxygen atoms in total. The maximum absolute atomic E-state index is 13.5. The average Bonchev–Trinajstić information content (AvgIpc) is 3.13. The Balaban J connectivity index is 1.62. The number of hydrogen-bond acceptors (Lipinski definition) is 3. The molecule has 1 fully saturated rings. The van der Waals surface area contributed by atoms with E-state index < -0.39 is 0 Å². The van der Waals surface area contributed by atoms with E-state index in [2.05, 4.69) is 31.4 Å². The van der Waals surface area contributed by atoms with Crippen molar-refractivity contribution in [1.29, 1.82) is 0 Å². The van der Waals surface area contributed by atoms with Crippen molar-refractivity contribution < 1.29 is 0 Å². The molecule has 0 atom stereocenters. The van der Waals surface area contributed by atoms with Crippen molar-refractivity contribution in [2.45, 2.75) is 58.8 Å². The minimum Gasteiger partial charge on any atom is -0.318 e. The summed E-state index contributed by atoms with van der Waals surface area (Å²) in [6.07, 6.45) is 7.45. The number of fused-ring (bicyclic) bond motifs is 1. The standard InChI is InChI=1S/C28H29ClN4O/c1-18-13-14-23(29)16-26(18)32-19(2)15-22(20(32)3)17-30-33-27(21-9-5-4-6-10-21)31-25-12-8-7-11-24(25)28(33)34/h7-8,11-17,21H,4-6,9-10H2,1-3H3. The van der Waals surface area contributed by atoms with E-state index >= 15 is 0 Å². The Morgan fingerprint density at radius 2 is 1.79 bits per heavy atom. The van der Waals surface area contributed by atoms with Crippen molar-refractivity contribution in [2.75, 3.05) is 0 Å². The summed E-state index contributed by atoms with van der Waals surface area (Å²) in [5, 5.41) is 6.03. The van der Waals surface area contributed by atoms with Gasteiger partial charge in [-0.05, 0) is 69.5 Å². The van der Waals surface area contributed by atoms with Gasteiger partial charge in [-0.1, -0.05) is 49.1 Å². The first-order chi connectivity index (χ1) is 16.4. The zero-order valence-corrected chi connectivity index (χ0v) is 20.6. The molecule has 0 saturated heterocycles. The Hall–Kier alpha value is -3.18. The zero-order valence-electron chi connectivity index (χ0n) is 19.9. The van der Waals surface area contributed by atoms with Crippen LogP contribution in [0.5, 0.6) is 0 Å². The lowest BCUT2D eigenvalue weighted by atomic mass is 9.88. The van der Waals surface area contributed by atoms with Gasteiger partial charge >= 0.3 is 0 Å². The molecule has 2 heterocycles. The first-order valence-electron chi connectivity index (χ1n) is 12.0. The zero-order chi connectivity index (χ0) is 23.8. The van der Waals surface area contributed by atoms with Gasteiger partial charge < -0.3 is 4.57 Å². The van der Waals surface area contributed by atoms with E-state index in [1.54, 1.807) is 6.21 Å². The van der Waals surface area contributed by atoms with E-state index in [4.69, 9.17) is 21.7 Å². The Bertz CT molecular complexity index is 1460. The van der Waals surface area contributed by atoms with Gasteiger partial charge in [0, 0.05) is 33.6 Å². The van der Waals surface area contributed by atoms with Gasteiger partial charge in [0.2, 0.25) is 0 Å². The van der Waals surface area contributed by atoms with E-state index in [-0.39, 0.29) is 11.5 Å². The average molecular weight is 473 g/mol. The predicted octanol–water partition coefficient (Wildman–Crippen LogP) is 6.70. The quantitative estimate of drug-likeness (QED) is 0.310. The van der Waals surface area contributed by atoms with Gasteiger partial charge in [0.05, 0.1) is 17.1 Å². The van der Waals surface area contributed by atoms with Crippen LogP contribution in [0.4, 0.5) is 0 Å². The molecule has 2 aromatic carbocycles. The molecule has 174 valence electrons. The molecule has 0 bridgehead atoms. The topological polar surface area (TPSA) is 52.2 Å². The molecule has 1 saturated carbocycles. The fourth-order valence-electron chi connectivity index (χ4n) is 5.11. The molecule has 0 N–H and O–H groups in total. The fraction of sp³-hybridized carbons (Fsp3) is 0.321. The van der Waals surface area contributed by atoms with Gasteiger partial charge in [-0.2, -0.15) is 9.78 Å². The maximum atomic E-state index is 13.5. The van der Waals surface area contributed by atoms with Crippen LogP contribution in [0.2, 0.25) is 5.02 Å². The SMILES string of the molecule is Cc1ccc(Cl)cc1-n1c(C)cc(C=Nn2c(C3CCCCC3)nc3ccccc3c2=O)c1C. The molecule has 5 rings (SSSR count). The monoisotopic (exact) mass is 472 g/mol. The highest BCUT2D eigenvalue weighted by Gasteiger charge is 2.22. The second kappa shape index (κ2) is 9.22. The molecule has 4 aromatic rings. The largest absolute Gasteiger partial charge is 0.318 e. The minimum atomic E-state index is -0.109. The van der Waals surface area contributed by atoms with Crippen LogP contribution >= 0.6 is 11.6 Å². The summed E-state index contributed by atoms with van der Waals surface area (Å²) in [5.41, 5.74) is 5.93. The molecule has 0 amide bonds. The first kappa shape index (κ1) is 22.6. The minimum absolute atomic E-state index is 0.109. The predicted molar refractivity (Wildman–Crippen MR) is 140 cm³/mol. The Labute approximate surface area is 204 Å². The second-order valence-electron chi connectivity index (χ2n) is 9.28. The Kier molecular flexibility index (Phi) is 6.13. The summed E-state index contributed by atoms with van der Waals surface area (Å²) < 4.78 is 3.72. The van der Waals surface area contributed by atoms with Crippen LogP contribution in [-0.2, 0) is 0 Å². The fourth-order valence-corrected chi connectivity index (χ4v) is 5.28. The molecule has 0 aliphatic heterocycles. The molecular weight excluding hydrogens is 444 g/mol. The van der Waals surface area contributed by atoms with Crippen LogP contribution in [0.3, 0.4) is 0 Å². The number of rotatable bonds is 4. The number of hydrogen-bond donors (Lipinski definition) is 0. The van der Waals surface area contributed by atoms with E-state index in [0.29, 0.717) is 10.4 Å². The van der Waals surface area contributed by atoms with E-state index in [1.165, 1.54) is 11.1 Å². The highest BCUT2D eigenvalue weighted by Crippen LogP contribution is 2.32. The Morgan fingerprint density at radius 3 is 2.59 bits per heavy atom. The highest BCUT2D eigenvalue weighted by atomic mass is 35.5. The first-order valence-corrected chi connectivity index (χ1v) is 12.3. The lowest BCUT2D eigenvalue weighted by molar-refractivity contribution is 0.416. The van der Waals surface area contributed by atoms with Gasteiger partial charge in [-0.25, -0.2) is 4.98 Å². The van der Waals surface area contributed by atoms with Crippen molar-refractivity contribution in [3.05, 3.63) is 92.2 Å². The van der Waals surface area contributed by atoms with Crippen molar-refractivity contribution in [1.82, 2.24) is 14.2 Å². The summed E-state index contributed by atoms with van der Waals surface area (Å²) in [6.45, 7) is 6.22. The number of aryl methyl sites for hydroxylation is 2. The summed E-state index contributed by atoms with van der Waals surface area (Å²) in [6, 6.07) is 15.6. The number of nitrogens with zero attached hydrogens (tertiary/aromatic N) is 4. The molecule has 6 heteroatoms. The lowest BCUT2D eigenvalue weighted by Gasteiger charge is -2.22. The third kappa shape index (κ3) is 4.09. The van der Waals surface area contributed by atoms with Crippen LogP contribution in [0.1, 0.15) is 66.4 Å². The van der Waals surface area contributed by atoms with Gasteiger partial charge in [0.1, 0.15) is 5.82 Å². The molecule has 34 heavy (non-hydrogen) atoms.